The normalized spacial score (nSPS) is 9.53. The van der Waals surface area contributed by atoms with Gasteiger partial charge in [0.25, 0.3) is 0 Å². The van der Waals surface area contributed by atoms with Crippen molar-refractivity contribution in [1.82, 2.24) is 4.90 Å². The van der Waals surface area contributed by atoms with Crippen molar-refractivity contribution in [2.75, 3.05) is 0 Å². The average molecular weight is 339 g/mol. The molecule has 0 aliphatic heterocycles. The van der Waals surface area contributed by atoms with Crippen LogP contribution in [0, 0.1) is 0 Å². The number of thiol groups is 1. The van der Waals surface area contributed by atoms with Gasteiger partial charge in [0.2, 0.25) is 0 Å². The van der Waals surface area contributed by atoms with Crippen LogP contribution in [-0.4, -0.2) is 9.22 Å². The van der Waals surface area contributed by atoms with Gasteiger partial charge in [0.05, 0.1) is 0 Å². The summed E-state index contributed by atoms with van der Waals surface area (Å²) in [6, 6.07) is 20.6. The largest absolute Gasteiger partial charge is 2.00 e. The summed E-state index contributed by atoms with van der Waals surface area (Å²) in [6.07, 6.45) is 0. The molecule has 0 N–H and O–H groups in total. The molecule has 2 rings (SSSR count). The van der Waals surface area contributed by atoms with Gasteiger partial charge in [-0.3, -0.25) is 0 Å². The van der Waals surface area contributed by atoms with Crippen LogP contribution in [0.3, 0.4) is 0 Å². The molecule has 4 heteroatoms. The quantitative estimate of drug-likeness (QED) is 0.511. The number of nitrogens with zero attached hydrogens (tertiary/aromatic N) is 1. The number of hydrogen-bond acceptors (Lipinski definition) is 1. The van der Waals surface area contributed by atoms with Gasteiger partial charge in [-0.05, 0) is 11.1 Å². The van der Waals surface area contributed by atoms with Crippen LogP contribution in [0.1, 0.15) is 11.1 Å². The molecule has 0 fully saturated rings. The molecule has 0 saturated carbocycles. The van der Waals surface area contributed by atoms with Gasteiger partial charge in [0, 0.05) is 13.1 Å². The summed E-state index contributed by atoms with van der Waals surface area (Å²) in [6.45, 7) is 1.58. The predicted molar refractivity (Wildman–Crippen MR) is 83.7 cm³/mol. The van der Waals surface area contributed by atoms with Gasteiger partial charge >= 0.3 is 19.5 Å². The minimum atomic E-state index is 0. The molecule has 0 radical (unpaired) electrons. The smallest absolute Gasteiger partial charge is 0.349 e. The number of thiocarbonyl (C=S) groups is 1. The third-order valence-electron chi connectivity index (χ3n) is 2.70. The van der Waals surface area contributed by atoms with Crippen molar-refractivity contribution < 1.29 is 19.5 Å². The fourth-order valence-electron chi connectivity index (χ4n) is 1.80. The Labute approximate surface area is 138 Å². The van der Waals surface area contributed by atoms with E-state index in [-0.39, 0.29) is 19.5 Å². The van der Waals surface area contributed by atoms with E-state index in [9.17, 15) is 0 Å². The Morgan fingerprint density at radius 3 is 1.53 bits per heavy atom. The van der Waals surface area contributed by atoms with Crippen molar-refractivity contribution in [2.24, 2.45) is 0 Å². The molecule has 0 saturated heterocycles. The van der Waals surface area contributed by atoms with Crippen LogP contribution in [-0.2, 0) is 32.6 Å². The van der Waals surface area contributed by atoms with Crippen molar-refractivity contribution in [3.8, 4) is 0 Å². The molecule has 0 aliphatic carbocycles. The second-order valence-corrected chi connectivity index (χ2v) is 5.22. The monoisotopic (exact) mass is 337 g/mol. The molecule has 0 unspecified atom stereocenters. The molecule has 0 atom stereocenters. The van der Waals surface area contributed by atoms with Crippen molar-refractivity contribution in [3.05, 3.63) is 71.8 Å². The Balaban J connectivity index is 0.00000180. The van der Waals surface area contributed by atoms with E-state index < -0.39 is 0 Å². The van der Waals surface area contributed by atoms with E-state index in [1.807, 2.05) is 36.4 Å². The molecule has 1 nitrogen and oxygen atoms in total. The van der Waals surface area contributed by atoms with E-state index >= 15 is 0 Å². The minimum Gasteiger partial charge on any atom is -0.349 e. The molecule has 0 aliphatic rings. The second-order valence-electron chi connectivity index (χ2n) is 4.11. The van der Waals surface area contributed by atoms with Crippen molar-refractivity contribution >= 4 is 29.2 Å². The molecular weight excluding hydrogens is 324 g/mol. The van der Waals surface area contributed by atoms with Crippen LogP contribution in [0.4, 0.5) is 0 Å². The maximum Gasteiger partial charge on any atom is 2.00 e. The summed E-state index contributed by atoms with van der Waals surface area (Å²) in [4.78, 5) is 2.09. The summed E-state index contributed by atoms with van der Waals surface area (Å²) in [5.74, 6) is 0. The van der Waals surface area contributed by atoms with Crippen LogP contribution in [0.15, 0.2) is 60.7 Å². The third kappa shape index (κ3) is 5.44. The zero-order valence-corrected chi connectivity index (χ0v) is 15.4. The van der Waals surface area contributed by atoms with E-state index in [2.05, 4.69) is 41.8 Å². The standard InChI is InChI=1S/C15H15NS2.Zn/c17-15(18)16(11-13-7-3-1-4-8-13)12-14-9-5-2-6-10-14;/h1-10H,11-12H2,(H,17,18);/q;+2. The molecule has 0 spiro atoms. The summed E-state index contributed by atoms with van der Waals surface area (Å²) in [7, 11) is 0. The maximum atomic E-state index is 5.21. The van der Waals surface area contributed by atoms with Gasteiger partial charge in [-0.15, -0.1) is 12.6 Å². The SMILES string of the molecule is S=C(S)N(Cc1ccccc1)Cc1ccccc1.[Zn+2]. The fraction of sp³-hybridized carbons (Fsp3) is 0.133. The first-order valence-electron chi connectivity index (χ1n) is 5.81. The van der Waals surface area contributed by atoms with Crippen LogP contribution in [0.5, 0.6) is 0 Å². The van der Waals surface area contributed by atoms with Gasteiger partial charge in [0.1, 0.15) is 4.32 Å². The van der Waals surface area contributed by atoms with E-state index in [0.717, 1.165) is 13.1 Å². The van der Waals surface area contributed by atoms with E-state index in [1.165, 1.54) is 11.1 Å². The molecule has 92 valence electrons. The number of rotatable bonds is 4. The fourth-order valence-corrected chi connectivity index (χ4v) is 2.07. The number of hydrogen-bond donors (Lipinski definition) is 1. The molecule has 0 bridgehead atoms. The zero-order chi connectivity index (χ0) is 12.8. The van der Waals surface area contributed by atoms with Crippen molar-refractivity contribution in [1.29, 1.82) is 0 Å². The minimum absolute atomic E-state index is 0. The zero-order valence-electron chi connectivity index (χ0n) is 10.7. The topological polar surface area (TPSA) is 3.24 Å². The molecule has 0 aromatic heterocycles. The van der Waals surface area contributed by atoms with Crippen molar-refractivity contribution in [3.63, 3.8) is 0 Å². The Hall–Kier alpha value is -0.697. The van der Waals surface area contributed by atoms with Crippen LogP contribution in [0.2, 0.25) is 0 Å². The molecular formula is C15H15NS2Zn+2. The van der Waals surface area contributed by atoms with Gasteiger partial charge in [-0.25, -0.2) is 0 Å². The first-order valence-corrected chi connectivity index (χ1v) is 6.67. The van der Waals surface area contributed by atoms with E-state index in [1.54, 1.807) is 0 Å². The summed E-state index contributed by atoms with van der Waals surface area (Å²) in [5, 5.41) is 0. The van der Waals surface area contributed by atoms with Gasteiger partial charge < -0.3 is 4.90 Å². The third-order valence-corrected chi connectivity index (χ3v) is 3.24. The Morgan fingerprint density at radius 2 is 1.21 bits per heavy atom. The van der Waals surface area contributed by atoms with E-state index in [4.69, 9.17) is 12.2 Å². The molecule has 0 heterocycles. The summed E-state index contributed by atoms with van der Waals surface area (Å²) < 4.78 is 0.628. The predicted octanol–water partition coefficient (Wildman–Crippen LogP) is 3.90. The second kappa shape index (κ2) is 8.47. The summed E-state index contributed by atoms with van der Waals surface area (Å²) >= 11 is 9.52. The first-order chi connectivity index (χ1) is 8.75. The Morgan fingerprint density at radius 1 is 0.842 bits per heavy atom. The van der Waals surface area contributed by atoms with E-state index in [0.29, 0.717) is 4.32 Å². The van der Waals surface area contributed by atoms with Crippen LogP contribution < -0.4 is 0 Å². The average Bonchev–Trinajstić information content (AvgIpc) is 2.40. The molecule has 19 heavy (non-hydrogen) atoms. The Bertz CT molecular complexity index is 461. The molecule has 2 aromatic rings. The summed E-state index contributed by atoms with van der Waals surface area (Å²) in [5.41, 5.74) is 2.48. The van der Waals surface area contributed by atoms with Gasteiger partial charge in [0.15, 0.2) is 0 Å². The maximum absolute atomic E-state index is 5.21. The first kappa shape index (κ1) is 16.4. The number of benzene rings is 2. The van der Waals surface area contributed by atoms with Gasteiger partial charge in [-0.2, -0.15) is 0 Å². The molecule has 2 aromatic carbocycles. The van der Waals surface area contributed by atoms with Crippen molar-refractivity contribution in [2.45, 2.75) is 13.1 Å². The molecule has 0 amide bonds. The Kier molecular flexibility index (Phi) is 7.29. The van der Waals surface area contributed by atoms with Gasteiger partial charge in [-0.1, -0.05) is 72.9 Å². The van der Waals surface area contributed by atoms with Crippen LogP contribution >= 0.6 is 24.8 Å². The van der Waals surface area contributed by atoms with Crippen LogP contribution in [0.25, 0.3) is 0 Å².